The molecule has 1 atom stereocenters. The van der Waals surface area contributed by atoms with Gasteiger partial charge in [-0.1, -0.05) is 0 Å². The maximum atomic E-state index is 13.1. The third kappa shape index (κ3) is 4.17. The molecule has 0 aliphatic carbocycles. The molecule has 148 valence electrons. The molecular weight excluding hydrogens is 378 g/mol. The van der Waals surface area contributed by atoms with Crippen LogP contribution in [0.3, 0.4) is 0 Å². The molecule has 1 aromatic carbocycles. The Morgan fingerprint density at radius 1 is 1.29 bits per heavy atom. The van der Waals surface area contributed by atoms with Crippen molar-refractivity contribution in [3.8, 4) is 5.75 Å². The van der Waals surface area contributed by atoms with Gasteiger partial charge in [-0.05, 0) is 62.5 Å². The van der Waals surface area contributed by atoms with Gasteiger partial charge in [-0.15, -0.1) is 0 Å². The second-order valence-corrected chi connectivity index (χ2v) is 6.64. The SMILES string of the molecule is CCNC(=S)N(Cc1ccco1)C1CC(=O)N(c2ccc(OCC)cc2)C1=O. The van der Waals surface area contributed by atoms with Crippen LogP contribution in [0.4, 0.5) is 5.69 Å². The van der Waals surface area contributed by atoms with Crippen LogP contribution in [0.2, 0.25) is 0 Å². The van der Waals surface area contributed by atoms with Crippen molar-refractivity contribution in [1.82, 2.24) is 10.2 Å². The zero-order valence-corrected chi connectivity index (χ0v) is 16.7. The number of hydrogen-bond acceptors (Lipinski definition) is 5. The van der Waals surface area contributed by atoms with Crippen LogP contribution in [0.15, 0.2) is 47.1 Å². The molecule has 2 amide bonds. The lowest BCUT2D eigenvalue weighted by molar-refractivity contribution is -0.122. The summed E-state index contributed by atoms with van der Waals surface area (Å²) in [5.74, 6) is 0.790. The van der Waals surface area contributed by atoms with E-state index in [0.29, 0.717) is 42.0 Å². The Kier molecular flexibility index (Phi) is 6.30. The van der Waals surface area contributed by atoms with E-state index in [1.807, 2.05) is 19.9 Å². The molecule has 1 N–H and O–H groups in total. The summed E-state index contributed by atoms with van der Waals surface area (Å²) >= 11 is 5.45. The highest BCUT2D eigenvalue weighted by Crippen LogP contribution is 2.28. The fourth-order valence-corrected chi connectivity index (χ4v) is 3.47. The van der Waals surface area contributed by atoms with Crippen molar-refractivity contribution in [2.45, 2.75) is 32.9 Å². The summed E-state index contributed by atoms with van der Waals surface area (Å²) in [5.41, 5.74) is 0.522. The first-order valence-corrected chi connectivity index (χ1v) is 9.62. The number of ether oxygens (including phenoxy) is 1. The van der Waals surface area contributed by atoms with Crippen molar-refractivity contribution in [1.29, 1.82) is 0 Å². The van der Waals surface area contributed by atoms with Crippen LogP contribution in [0, 0.1) is 0 Å². The summed E-state index contributed by atoms with van der Waals surface area (Å²) < 4.78 is 10.8. The number of furan rings is 1. The van der Waals surface area contributed by atoms with E-state index in [2.05, 4.69) is 5.32 Å². The molecule has 8 heteroatoms. The van der Waals surface area contributed by atoms with E-state index < -0.39 is 6.04 Å². The minimum atomic E-state index is -0.685. The number of nitrogens with zero attached hydrogens (tertiary/aromatic N) is 2. The molecule has 1 fully saturated rings. The van der Waals surface area contributed by atoms with E-state index in [1.54, 1.807) is 41.5 Å². The standard InChI is InChI=1S/C20H23N3O4S/c1-3-21-20(28)22(13-16-6-5-11-27-16)17-12-18(24)23(19(17)25)14-7-9-15(10-8-14)26-4-2/h5-11,17H,3-4,12-13H2,1-2H3,(H,21,28). The second-order valence-electron chi connectivity index (χ2n) is 6.26. The minimum Gasteiger partial charge on any atom is -0.494 e. The number of benzene rings is 1. The monoisotopic (exact) mass is 401 g/mol. The predicted molar refractivity (Wildman–Crippen MR) is 109 cm³/mol. The van der Waals surface area contributed by atoms with Crippen molar-refractivity contribution >= 4 is 34.8 Å². The number of nitrogens with one attached hydrogen (secondary N) is 1. The third-order valence-electron chi connectivity index (χ3n) is 4.40. The summed E-state index contributed by atoms with van der Waals surface area (Å²) in [4.78, 5) is 28.7. The molecule has 1 aliphatic heterocycles. The lowest BCUT2D eigenvalue weighted by Crippen LogP contribution is -2.49. The van der Waals surface area contributed by atoms with Gasteiger partial charge in [-0.25, -0.2) is 4.90 Å². The molecule has 2 heterocycles. The number of carbonyl (C=O) groups is 2. The van der Waals surface area contributed by atoms with E-state index in [-0.39, 0.29) is 18.2 Å². The smallest absolute Gasteiger partial charge is 0.257 e. The molecule has 1 unspecified atom stereocenters. The summed E-state index contributed by atoms with van der Waals surface area (Å²) in [6.45, 7) is 5.29. The molecule has 0 radical (unpaired) electrons. The zero-order valence-electron chi connectivity index (χ0n) is 15.9. The quantitative estimate of drug-likeness (QED) is 0.565. The first-order chi connectivity index (χ1) is 13.5. The number of carbonyl (C=O) groups excluding carboxylic acids is 2. The topological polar surface area (TPSA) is 75.0 Å². The van der Waals surface area contributed by atoms with E-state index in [4.69, 9.17) is 21.4 Å². The van der Waals surface area contributed by atoms with Crippen LogP contribution in [0.5, 0.6) is 5.75 Å². The number of amides is 2. The van der Waals surface area contributed by atoms with E-state index >= 15 is 0 Å². The first-order valence-electron chi connectivity index (χ1n) is 9.21. The van der Waals surface area contributed by atoms with Crippen LogP contribution in [-0.4, -0.2) is 41.0 Å². The van der Waals surface area contributed by atoms with Gasteiger partial charge in [0, 0.05) is 6.54 Å². The van der Waals surface area contributed by atoms with Crippen molar-refractivity contribution in [2.75, 3.05) is 18.1 Å². The average Bonchev–Trinajstić information content (AvgIpc) is 3.29. The largest absolute Gasteiger partial charge is 0.494 e. The van der Waals surface area contributed by atoms with Crippen molar-refractivity contribution in [2.24, 2.45) is 0 Å². The number of thiocarbonyl (C=S) groups is 1. The number of hydrogen-bond donors (Lipinski definition) is 1. The fourth-order valence-electron chi connectivity index (χ4n) is 3.14. The maximum Gasteiger partial charge on any atom is 0.257 e. The Balaban J connectivity index is 1.83. The summed E-state index contributed by atoms with van der Waals surface area (Å²) in [6, 6.07) is 9.82. The molecule has 1 aliphatic rings. The van der Waals surface area contributed by atoms with E-state index in [1.165, 1.54) is 4.90 Å². The molecule has 0 spiro atoms. The molecule has 3 rings (SSSR count). The van der Waals surface area contributed by atoms with Gasteiger partial charge in [-0.2, -0.15) is 0 Å². The Labute approximate surface area is 169 Å². The molecule has 7 nitrogen and oxygen atoms in total. The Morgan fingerprint density at radius 2 is 2.04 bits per heavy atom. The van der Waals surface area contributed by atoms with Crippen LogP contribution >= 0.6 is 12.2 Å². The first kappa shape index (κ1) is 19.9. The van der Waals surface area contributed by atoms with Crippen LogP contribution < -0.4 is 15.0 Å². The van der Waals surface area contributed by atoms with E-state index in [9.17, 15) is 9.59 Å². The van der Waals surface area contributed by atoms with Gasteiger partial charge in [0.25, 0.3) is 5.91 Å². The summed E-state index contributed by atoms with van der Waals surface area (Å²) in [6.07, 6.45) is 1.62. The molecule has 28 heavy (non-hydrogen) atoms. The van der Waals surface area contributed by atoms with Crippen LogP contribution in [0.25, 0.3) is 0 Å². The molecular formula is C20H23N3O4S. The van der Waals surface area contributed by atoms with Crippen LogP contribution in [0.1, 0.15) is 26.0 Å². The lowest BCUT2D eigenvalue weighted by atomic mass is 10.2. The van der Waals surface area contributed by atoms with Crippen molar-refractivity contribution < 1.29 is 18.7 Å². The normalized spacial score (nSPS) is 16.4. The lowest BCUT2D eigenvalue weighted by Gasteiger charge is -2.29. The summed E-state index contributed by atoms with van der Waals surface area (Å²) in [7, 11) is 0. The second kappa shape index (κ2) is 8.88. The van der Waals surface area contributed by atoms with Gasteiger partial charge in [-0.3, -0.25) is 9.59 Å². The van der Waals surface area contributed by atoms with Gasteiger partial charge in [0.2, 0.25) is 5.91 Å². The molecule has 1 saturated heterocycles. The zero-order chi connectivity index (χ0) is 20.1. The average molecular weight is 401 g/mol. The Hall–Kier alpha value is -2.87. The fraction of sp³-hybridized carbons (Fsp3) is 0.350. The maximum absolute atomic E-state index is 13.1. The molecule has 0 saturated carbocycles. The van der Waals surface area contributed by atoms with Gasteiger partial charge in [0.15, 0.2) is 5.11 Å². The van der Waals surface area contributed by atoms with Gasteiger partial charge < -0.3 is 19.4 Å². The van der Waals surface area contributed by atoms with Gasteiger partial charge in [0.05, 0.1) is 31.5 Å². The number of anilines is 1. The Morgan fingerprint density at radius 3 is 2.64 bits per heavy atom. The Bertz CT molecular complexity index is 836. The highest BCUT2D eigenvalue weighted by Gasteiger charge is 2.43. The highest BCUT2D eigenvalue weighted by molar-refractivity contribution is 7.80. The van der Waals surface area contributed by atoms with Crippen molar-refractivity contribution in [3.05, 3.63) is 48.4 Å². The van der Waals surface area contributed by atoms with Crippen molar-refractivity contribution in [3.63, 3.8) is 0 Å². The summed E-state index contributed by atoms with van der Waals surface area (Å²) in [5, 5.41) is 3.48. The van der Waals surface area contributed by atoms with Crippen LogP contribution in [-0.2, 0) is 16.1 Å². The highest BCUT2D eigenvalue weighted by atomic mass is 32.1. The molecule has 0 bridgehead atoms. The minimum absolute atomic E-state index is 0.0539. The number of rotatable bonds is 7. The van der Waals surface area contributed by atoms with Gasteiger partial charge >= 0.3 is 0 Å². The number of imide groups is 1. The third-order valence-corrected chi connectivity index (χ3v) is 4.78. The molecule has 1 aromatic heterocycles. The molecule has 2 aromatic rings. The van der Waals surface area contributed by atoms with E-state index in [0.717, 1.165) is 0 Å². The van der Waals surface area contributed by atoms with Gasteiger partial charge in [0.1, 0.15) is 17.6 Å². The predicted octanol–water partition coefficient (Wildman–Crippen LogP) is 2.71.